The first kappa shape index (κ1) is 17.6. The summed E-state index contributed by atoms with van der Waals surface area (Å²) in [6.07, 6.45) is 6.40. The van der Waals surface area contributed by atoms with Gasteiger partial charge in [0.25, 0.3) is 0 Å². The lowest BCUT2D eigenvalue weighted by molar-refractivity contribution is 0.0663. The van der Waals surface area contributed by atoms with Crippen LogP contribution in [0.15, 0.2) is 16.5 Å². The third kappa shape index (κ3) is 5.82. The molecular weight excluding hydrogens is 266 g/mol. The molecule has 1 rings (SSSR count). The van der Waals surface area contributed by atoms with Gasteiger partial charge in [0, 0.05) is 12.6 Å². The third-order valence-corrected chi connectivity index (χ3v) is 4.36. The molecule has 2 N–H and O–H groups in total. The van der Waals surface area contributed by atoms with Crippen LogP contribution in [0.2, 0.25) is 0 Å². The Bertz CT molecular complexity index is 437. The summed E-state index contributed by atoms with van der Waals surface area (Å²) in [4.78, 5) is 10.8. The van der Waals surface area contributed by atoms with Crippen molar-refractivity contribution in [3.05, 3.63) is 17.9 Å². The van der Waals surface area contributed by atoms with Crippen LogP contribution in [0.25, 0.3) is 0 Å². The van der Waals surface area contributed by atoms with Gasteiger partial charge < -0.3 is 14.8 Å². The number of nitrogens with one attached hydrogen (secondary N) is 1. The molecule has 0 saturated carbocycles. The van der Waals surface area contributed by atoms with Crippen LogP contribution >= 0.6 is 0 Å². The van der Waals surface area contributed by atoms with Gasteiger partial charge in [-0.2, -0.15) is 0 Å². The van der Waals surface area contributed by atoms with E-state index in [1.807, 2.05) is 0 Å². The summed E-state index contributed by atoms with van der Waals surface area (Å²) in [5.74, 6) is 0.0731. The summed E-state index contributed by atoms with van der Waals surface area (Å²) in [5.41, 5.74) is 0.141. The zero-order valence-corrected chi connectivity index (χ0v) is 13.7. The molecule has 0 bridgehead atoms. The lowest BCUT2D eigenvalue weighted by atomic mass is 9.77. The van der Waals surface area contributed by atoms with Gasteiger partial charge in [-0.05, 0) is 17.4 Å². The van der Waals surface area contributed by atoms with E-state index >= 15 is 0 Å². The van der Waals surface area contributed by atoms with Gasteiger partial charge in [-0.1, -0.05) is 59.8 Å². The van der Waals surface area contributed by atoms with Crippen LogP contribution < -0.4 is 5.32 Å². The molecule has 0 aliphatic carbocycles. The minimum atomic E-state index is -1.04. The van der Waals surface area contributed by atoms with E-state index in [4.69, 9.17) is 9.52 Å². The van der Waals surface area contributed by atoms with Gasteiger partial charge in [0.2, 0.25) is 5.76 Å². The number of hydrogen-bond acceptors (Lipinski definition) is 3. The maximum Gasteiger partial charge on any atom is 0.371 e. The number of carboxylic acid groups (broad SMARTS) is 1. The normalized spacial score (nSPS) is 13.1. The van der Waals surface area contributed by atoms with Crippen LogP contribution in [-0.4, -0.2) is 17.6 Å². The predicted molar refractivity (Wildman–Crippen MR) is 85.9 cm³/mol. The van der Waals surface area contributed by atoms with Crippen molar-refractivity contribution in [2.24, 2.45) is 11.3 Å². The lowest BCUT2D eigenvalue weighted by Crippen LogP contribution is -2.30. The van der Waals surface area contributed by atoms with E-state index in [1.165, 1.54) is 38.2 Å². The second-order valence-electron chi connectivity index (χ2n) is 6.56. The van der Waals surface area contributed by atoms with Crippen LogP contribution in [0.3, 0.4) is 0 Å². The molecule has 1 atom stereocenters. The molecule has 0 aliphatic heterocycles. The molecule has 1 aromatic rings. The number of furan rings is 1. The van der Waals surface area contributed by atoms with Gasteiger partial charge in [-0.25, -0.2) is 4.79 Å². The van der Waals surface area contributed by atoms with E-state index in [-0.39, 0.29) is 11.2 Å². The van der Waals surface area contributed by atoms with Crippen molar-refractivity contribution in [3.8, 4) is 0 Å². The Morgan fingerprint density at radius 1 is 1.33 bits per heavy atom. The van der Waals surface area contributed by atoms with Gasteiger partial charge in [-0.3, -0.25) is 0 Å². The Morgan fingerprint density at radius 3 is 2.62 bits per heavy atom. The van der Waals surface area contributed by atoms with E-state index in [0.717, 1.165) is 6.54 Å². The molecule has 0 aromatic carbocycles. The molecule has 0 spiro atoms. The number of unbranched alkanes of at least 4 members (excludes halogenated alkanes) is 3. The highest BCUT2D eigenvalue weighted by molar-refractivity contribution is 5.84. The second-order valence-corrected chi connectivity index (χ2v) is 6.56. The maximum atomic E-state index is 10.8. The first-order valence-electron chi connectivity index (χ1n) is 7.94. The summed E-state index contributed by atoms with van der Waals surface area (Å²) in [5, 5.41) is 12.0. The fourth-order valence-electron chi connectivity index (χ4n) is 2.31. The summed E-state index contributed by atoms with van der Waals surface area (Å²) >= 11 is 0. The van der Waals surface area contributed by atoms with Crippen molar-refractivity contribution < 1.29 is 14.3 Å². The van der Waals surface area contributed by atoms with Crippen molar-refractivity contribution >= 4 is 11.9 Å². The summed E-state index contributed by atoms with van der Waals surface area (Å²) < 4.78 is 5.22. The van der Waals surface area contributed by atoms with Gasteiger partial charge >= 0.3 is 5.97 Å². The van der Waals surface area contributed by atoms with Crippen molar-refractivity contribution in [3.63, 3.8) is 0 Å². The van der Waals surface area contributed by atoms with Gasteiger partial charge in [0.1, 0.15) is 0 Å². The Morgan fingerprint density at radius 2 is 2.05 bits per heavy atom. The van der Waals surface area contributed by atoms with Crippen molar-refractivity contribution in [1.82, 2.24) is 0 Å². The summed E-state index contributed by atoms with van der Waals surface area (Å²) in [6, 6.07) is 3.15. The number of anilines is 1. The zero-order chi connectivity index (χ0) is 15.9. The van der Waals surface area contributed by atoms with Crippen LogP contribution in [0, 0.1) is 11.3 Å². The minimum absolute atomic E-state index is 0.0251. The van der Waals surface area contributed by atoms with E-state index in [1.54, 1.807) is 6.07 Å². The number of carboxylic acids is 1. The molecule has 0 radical (unpaired) electrons. The van der Waals surface area contributed by atoms with Gasteiger partial charge in [-0.15, -0.1) is 0 Å². The first-order valence-corrected chi connectivity index (χ1v) is 7.94. The Balaban J connectivity index is 2.41. The fourth-order valence-corrected chi connectivity index (χ4v) is 2.31. The molecule has 1 aromatic heterocycles. The van der Waals surface area contributed by atoms with Crippen LogP contribution in [0.1, 0.15) is 70.4 Å². The SMILES string of the molecule is CCCCCCC(C)C(C)(C)CNc1ccc(C(=O)O)o1. The highest BCUT2D eigenvalue weighted by Crippen LogP contribution is 2.31. The summed E-state index contributed by atoms with van der Waals surface area (Å²) in [7, 11) is 0. The molecule has 0 amide bonds. The quantitative estimate of drug-likeness (QED) is 0.595. The third-order valence-electron chi connectivity index (χ3n) is 4.36. The van der Waals surface area contributed by atoms with E-state index < -0.39 is 5.97 Å². The number of carbonyl (C=O) groups is 1. The zero-order valence-electron chi connectivity index (χ0n) is 13.7. The molecule has 4 heteroatoms. The monoisotopic (exact) mass is 295 g/mol. The topological polar surface area (TPSA) is 62.5 Å². The highest BCUT2D eigenvalue weighted by Gasteiger charge is 2.25. The fraction of sp³-hybridized carbons (Fsp3) is 0.706. The van der Waals surface area contributed by atoms with Crippen molar-refractivity contribution in [2.45, 2.75) is 59.8 Å². The largest absolute Gasteiger partial charge is 0.475 e. The predicted octanol–water partition coefficient (Wildman–Crippen LogP) is 5.02. The van der Waals surface area contributed by atoms with E-state index in [0.29, 0.717) is 11.8 Å². The van der Waals surface area contributed by atoms with E-state index in [2.05, 4.69) is 33.0 Å². The second kappa shape index (κ2) is 8.11. The molecule has 21 heavy (non-hydrogen) atoms. The number of hydrogen-bond donors (Lipinski definition) is 2. The Kier molecular flexibility index (Phi) is 6.79. The van der Waals surface area contributed by atoms with Gasteiger partial charge in [0.15, 0.2) is 5.88 Å². The first-order chi connectivity index (χ1) is 9.86. The lowest BCUT2D eigenvalue weighted by Gasteiger charge is -2.32. The molecular formula is C17H29NO3. The summed E-state index contributed by atoms with van der Waals surface area (Å²) in [6.45, 7) is 9.77. The van der Waals surface area contributed by atoms with Crippen LogP contribution in [0.5, 0.6) is 0 Å². The minimum Gasteiger partial charge on any atom is -0.475 e. The average Bonchev–Trinajstić information content (AvgIpc) is 2.90. The highest BCUT2D eigenvalue weighted by atomic mass is 16.4. The standard InChI is InChI=1S/C17H29NO3/c1-5-6-7-8-9-13(2)17(3,4)12-18-15-11-10-14(21-15)16(19)20/h10-11,13,18H,5-9,12H2,1-4H3,(H,19,20). The Hall–Kier alpha value is -1.45. The molecule has 0 fully saturated rings. The maximum absolute atomic E-state index is 10.8. The Labute approximate surface area is 127 Å². The molecule has 1 heterocycles. The molecule has 0 aliphatic rings. The van der Waals surface area contributed by atoms with Gasteiger partial charge in [0.05, 0.1) is 0 Å². The molecule has 0 saturated heterocycles. The number of aromatic carboxylic acids is 1. The van der Waals surface area contributed by atoms with Crippen molar-refractivity contribution in [2.75, 3.05) is 11.9 Å². The smallest absolute Gasteiger partial charge is 0.371 e. The van der Waals surface area contributed by atoms with Crippen LogP contribution in [0.4, 0.5) is 5.88 Å². The molecule has 1 unspecified atom stereocenters. The van der Waals surface area contributed by atoms with Crippen LogP contribution in [-0.2, 0) is 0 Å². The molecule has 120 valence electrons. The van der Waals surface area contributed by atoms with E-state index in [9.17, 15) is 4.79 Å². The van der Waals surface area contributed by atoms with Crippen molar-refractivity contribution in [1.29, 1.82) is 0 Å². The number of rotatable bonds is 10. The molecule has 4 nitrogen and oxygen atoms in total. The average molecular weight is 295 g/mol.